The van der Waals surface area contributed by atoms with Crippen molar-refractivity contribution in [3.8, 4) is 11.5 Å². The highest BCUT2D eigenvalue weighted by atomic mass is 16.7. The monoisotopic (exact) mass is 393 g/mol. The number of carbonyl (C=O) groups is 2. The molecule has 1 N–H and O–H groups in total. The third-order valence-electron chi connectivity index (χ3n) is 4.10. The molecule has 0 radical (unpaired) electrons. The molecule has 0 aliphatic carbocycles. The average molecular weight is 393 g/mol. The lowest BCUT2D eigenvalue weighted by molar-refractivity contribution is -0.114. The number of hydrogen-bond acceptors (Lipinski definition) is 7. The molecule has 1 aromatic heterocycles. The molecule has 0 saturated heterocycles. The number of allylic oxidation sites excluding steroid dienone is 1. The van der Waals surface area contributed by atoms with Gasteiger partial charge in [-0.3, -0.25) is 10.2 Å². The quantitative estimate of drug-likeness (QED) is 0.482. The molecule has 146 valence electrons. The van der Waals surface area contributed by atoms with Gasteiger partial charge in [-0.15, -0.1) is 5.06 Å². The summed E-state index contributed by atoms with van der Waals surface area (Å²) in [4.78, 5) is 33.7. The van der Waals surface area contributed by atoms with Crippen LogP contribution >= 0.6 is 0 Å². The Morgan fingerprint density at radius 3 is 2.83 bits per heavy atom. The third-order valence-corrected chi connectivity index (χ3v) is 4.10. The molecular weight excluding hydrogens is 378 g/mol. The van der Waals surface area contributed by atoms with Gasteiger partial charge in [0.2, 0.25) is 5.76 Å². The van der Waals surface area contributed by atoms with Gasteiger partial charge in [0.1, 0.15) is 5.76 Å². The number of hydrogen-bond donors (Lipinski definition) is 1. The van der Waals surface area contributed by atoms with E-state index in [0.29, 0.717) is 11.3 Å². The number of ether oxygens (including phenoxy) is 2. The molecule has 2 aliphatic heterocycles. The zero-order chi connectivity index (χ0) is 20.5. The summed E-state index contributed by atoms with van der Waals surface area (Å²) >= 11 is 0. The molecule has 0 spiro atoms. The van der Waals surface area contributed by atoms with E-state index in [1.807, 2.05) is 0 Å². The molecule has 9 nitrogen and oxygen atoms in total. The lowest BCUT2D eigenvalue weighted by Crippen LogP contribution is -2.38. The molecule has 0 atom stereocenters. The van der Waals surface area contributed by atoms with Crippen molar-refractivity contribution in [3.05, 3.63) is 65.3 Å². The molecule has 3 heterocycles. The second-order valence-electron chi connectivity index (χ2n) is 6.10. The van der Waals surface area contributed by atoms with Crippen molar-refractivity contribution in [2.75, 3.05) is 7.11 Å². The maximum absolute atomic E-state index is 12.3. The fourth-order valence-electron chi connectivity index (χ4n) is 2.77. The average Bonchev–Trinajstić information content (AvgIpc) is 3.35. The van der Waals surface area contributed by atoms with E-state index in [-0.39, 0.29) is 34.5 Å². The number of esters is 1. The van der Waals surface area contributed by atoms with Crippen LogP contribution in [0.25, 0.3) is 6.08 Å². The van der Waals surface area contributed by atoms with E-state index in [1.54, 1.807) is 31.2 Å². The lowest BCUT2D eigenvalue weighted by Gasteiger charge is -2.23. The van der Waals surface area contributed by atoms with Gasteiger partial charge in [0.05, 0.1) is 18.9 Å². The first-order valence-electron chi connectivity index (χ1n) is 8.50. The summed E-state index contributed by atoms with van der Waals surface area (Å²) in [6.45, 7) is 1.70. The highest BCUT2D eigenvalue weighted by Gasteiger charge is 2.34. The molecule has 9 heteroatoms. The number of fused-ring (bicyclic) bond motifs is 1. The number of amidine groups is 2. The van der Waals surface area contributed by atoms with Crippen LogP contribution in [0.2, 0.25) is 0 Å². The molecule has 0 bridgehead atoms. The number of rotatable bonds is 4. The fourth-order valence-corrected chi connectivity index (χ4v) is 2.77. The SMILES string of the molecule is COc1cc(/C=C2\C(=N)N3OC(C)=CC3=NC2=O)ccc1OC(=O)c1ccco1. The zero-order valence-corrected chi connectivity index (χ0v) is 15.5. The lowest BCUT2D eigenvalue weighted by atomic mass is 10.1. The largest absolute Gasteiger partial charge is 0.493 e. The molecule has 1 amide bonds. The number of nitrogens with one attached hydrogen (secondary N) is 1. The summed E-state index contributed by atoms with van der Waals surface area (Å²) < 4.78 is 15.6. The van der Waals surface area contributed by atoms with Crippen LogP contribution in [0.5, 0.6) is 11.5 Å². The molecule has 4 rings (SSSR count). The molecule has 0 unspecified atom stereocenters. The van der Waals surface area contributed by atoms with Gasteiger partial charge in [0, 0.05) is 6.08 Å². The maximum atomic E-state index is 12.3. The minimum Gasteiger partial charge on any atom is -0.493 e. The number of amides is 1. The maximum Gasteiger partial charge on any atom is 0.379 e. The van der Waals surface area contributed by atoms with Crippen LogP contribution in [0.15, 0.2) is 63.4 Å². The summed E-state index contributed by atoms with van der Waals surface area (Å²) in [6.07, 6.45) is 4.44. The van der Waals surface area contributed by atoms with E-state index in [1.165, 1.54) is 36.6 Å². The van der Waals surface area contributed by atoms with E-state index in [4.69, 9.17) is 24.1 Å². The first-order chi connectivity index (χ1) is 14.0. The number of benzene rings is 1. The molecule has 0 saturated carbocycles. The number of aliphatic imine (C=N–C) groups is 1. The van der Waals surface area contributed by atoms with Crippen molar-refractivity contribution in [2.45, 2.75) is 6.92 Å². The summed E-state index contributed by atoms with van der Waals surface area (Å²) in [7, 11) is 1.42. The Labute approximate surface area is 164 Å². The van der Waals surface area contributed by atoms with E-state index in [0.717, 1.165) is 0 Å². The minimum absolute atomic E-state index is 0.0548. The van der Waals surface area contributed by atoms with Crippen LogP contribution in [0.1, 0.15) is 23.0 Å². The summed E-state index contributed by atoms with van der Waals surface area (Å²) in [5, 5.41) is 9.42. The second kappa shape index (κ2) is 7.12. The van der Waals surface area contributed by atoms with Gasteiger partial charge < -0.3 is 18.7 Å². The topological polar surface area (TPSA) is 114 Å². The van der Waals surface area contributed by atoms with Crippen LogP contribution < -0.4 is 9.47 Å². The Bertz CT molecular complexity index is 1110. The van der Waals surface area contributed by atoms with Crippen LogP contribution in [-0.4, -0.2) is 35.7 Å². The highest BCUT2D eigenvalue weighted by Crippen LogP contribution is 2.31. The van der Waals surface area contributed by atoms with Gasteiger partial charge >= 0.3 is 5.97 Å². The summed E-state index contributed by atoms with van der Waals surface area (Å²) in [5.41, 5.74) is 0.606. The van der Waals surface area contributed by atoms with Crippen molar-refractivity contribution < 1.29 is 28.3 Å². The highest BCUT2D eigenvalue weighted by molar-refractivity contribution is 6.32. The first-order valence-corrected chi connectivity index (χ1v) is 8.50. The Kier molecular flexibility index (Phi) is 4.47. The van der Waals surface area contributed by atoms with E-state index < -0.39 is 11.9 Å². The Morgan fingerprint density at radius 1 is 1.28 bits per heavy atom. The van der Waals surface area contributed by atoms with Crippen LogP contribution in [-0.2, 0) is 9.63 Å². The number of carbonyl (C=O) groups excluding carboxylic acids is 2. The van der Waals surface area contributed by atoms with Crippen molar-refractivity contribution in [2.24, 2.45) is 4.99 Å². The Hall–Kier alpha value is -4.14. The van der Waals surface area contributed by atoms with Crippen molar-refractivity contribution in [3.63, 3.8) is 0 Å². The van der Waals surface area contributed by atoms with Gasteiger partial charge in [-0.25, -0.2) is 4.79 Å². The van der Waals surface area contributed by atoms with Crippen molar-refractivity contribution >= 4 is 29.6 Å². The fraction of sp³-hybridized carbons (Fsp3) is 0.100. The second-order valence-corrected chi connectivity index (χ2v) is 6.10. The van der Waals surface area contributed by atoms with Gasteiger partial charge in [-0.2, -0.15) is 4.99 Å². The minimum atomic E-state index is -0.667. The summed E-state index contributed by atoms with van der Waals surface area (Å²) in [5.74, 6) is -0.0256. The molecule has 2 aromatic rings. The molecule has 2 aliphatic rings. The van der Waals surface area contributed by atoms with Crippen molar-refractivity contribution in [1.82, 2.24) is 5.06 Å². The van der Waals surface area contributed by atoms with E-state index in [9.17, 15) is 9.59 Å². The zero-order valence-electron chi connectivity index (χ0n) is 15.5. The standard InChI is InChI=1S/C20H15N3O6/c1-11-8-17-22-19(24)13(18(21)23(17)29-11)9-12-5-6-14(16(10-12)26-2)28-20(25)15-4-3-7-27-15/h3-10,21H,1-2H3/b13-9+,21-18?. The number of hydroxylamine groups is 2. The Balaban J connectivity index is 1.61. The number of methoxy groups -OCH3 is 1. The smallest absolute Gasteiger partial charge is 0.379 e. The van der Waals surface area contributed by atoms with Crippen molar-refractivity contribution in [1.29, 1.82) is 5.41 Å². The molecule has 1 aromatic carbocycles. The Morgan fingerprint density at radius 2 is 2.10 bits per heavy atom. The van der Waals surface area contributed by atoms with E-state index >= 15 is 0 Å². The molecular formula is C20H15N3O6. The van der Waals surface area contributed by atoms with E-state index in [2.05, 4.69) is 4.99 Å². The van der Waals surface area contributed by atoms with Crippen LogP contribution in [0, 0.1) is 5.41 Å². The number of nitrogens with zero attached hydrogens (tertiary/aromatic N) is 2. The number of furan rings is 1. The van der Waals surface area contributed by atoms with Gasteiger partial charge in [-0.05, 0) is 42.8 Å². The van der Waals surface area contributed by atoms with Gasteiger partial charge in [0.25, 0.3) is 5.91 Å². The molecule has 0 fully saturated rings. The predicted molar refractivity (Wildman–Crippen MR) is 101 cm³/mol. The van der Waals surface area contributed by atoms with Crippen LogP contribution in [0.3, 0.4) is 0 Å². The van der Waals surface area contributed by atoms with Gasteiger partial charge in [0.15, 0.2) is 23.2 Å². The first kappa shape index (κ1) is 18.2. The third kappa shape index (κ3) is 3.41. The van der Waals surface area contributed by atoms with Crippen LogP contribution in [0.4, 0.5) is 0 Å². The molecule has 29 heavy (non-hydrogen) atoms. The summed E-state index contributed by atoms with van der Waals surface area (Å²) in [6, 6.07) is 7.78. The predicted octanol–water partition coefficient (Wildman–Crippen LogP) is 2.96. The normalized spacial score (nSPS) is 16.9. The van der Waals surface area contributed by atoms with Gasteiger partial charge in [-0.1, -0.05) is 6.07 Å².